The van der Waals surface area contributed by atoms with E-state index in [1.807, 2.05) is 0 Å². The Morgan fingerprint density at radius 2 is 2.00 bits per heavy atom. The third kappa shape index (κ3) is 7.83. The summed E-state index contributed by atoms with van der Waals surface area (Å²) in [6, 6.07) is 0. The molecule has 0 amide bonds. The van der Waals surface area contributed by atoms with Crippen LogP contribution in [0.3, 0.4) is 0 Å². The van der Waals surface area contributed by atoms with Crippen LogP contribution in [0.15, 0.2) is 0 Å². The second-order valence-corrected chi connectivity index (χ2v) is 3.04. The van der Waals surface area contributed by atoms with E-state index in [1.54, 1.807) is 0 Å². The monoisotopic (exact) mass is 156 g/mol. The molecule has 2 N–H and O–H groups in total. The van der Waals surface area contributed by atoms with Crippen molar-refractivity contribution in [1.82, 2.24) is 0 Å². The van der Waals surface area contributed by atoms with E-state index in [-0.39, 0.29) is 18.8 Å². The van der Waals surface area contributed by atoms with E-state index < -0.39 is 10.1 Å². The van der Waals surface area contributed by atoms with Crippen LogP contribution in [0.5, 0.6) is 0 Å². The van der Waals surface area contributed by atoms with Crippen molar-refractivity contribution in [1.29, 1.82) is 0 Å². The van der Waals surface area contributed by atoms with Gasteiger partial charge in [0.15, 0.2) is 0 Å². The van der Waals surface area contributed by atoms with Gasteiger partial charge in [-0.2, -0.15) is 8.42 Å². The van der Waals surface area contributed by atoms with Crippen molar-refractivity contribution in [3.05, 3.63) is 0 Å². The zero-order valence-electron chi connectivity index (χ0n) is 4.65. The topological polar surface area (TPSA) is 83.8 Å². The highest BCUT2D eigenvalue weighted by Gasteiger charge is 2.02. The summed E-state index contributed by atoms with van der Waals surface area (Å²) in [5, 5.41) is 7.69. The second-order valence-electron chi connectivity index (χ2n) is 1.47. The molecule has 0 saturated carbocycles. The minimum atomic E-state index is -3.89. The minimum absolute atomic E-state index is 0.0835. The van der Waals surface area contributed by atoms with E-state index in [2.05, 4.69) is 4.89 Å². The van der Waals surface area contributed by atoms with Crippen LogP contribution < -0.4 is 0 Å². The molecular weight excluding hydrogens is 148 g/mol. The molecule has 0 radical (unpaired) electrons. The van der Waals surface area contributed by atoms with Crippen LogP contribution in [0.1, 0.15) is 6.42 Å². The zero-order chi connectivity index (χ0) is 7.33. The first-order valence-electron chi connectivity index (χ1n) is 2.28. The quantitative estimate of drug-likeness (QED) is 0.254. The lowest BCUT2D eigenvalue weighted by Crippen LogP contribution is -2.06. The van der Waals surface area contributed by atoms with Gasteiger partial charge in [0.05, 0.1) is 12.4 Å². The summed E-state index contributed by atoms with van der Waals surface area (Å²) in [5.41, 5.74) is 0. The fourth-order valence-corrected chi connectivity index (χ4v) is 0.789. The van der Waals surface area contributed by atoms with E-state index in [0.717, 1.165) is 0 Å². The maximum absolute atomic E-state index is 9.92. The molecule has 0 atom stereocenters. The lowest BCUT2D eigenvalue weighted by molar-refractivity contribution is -0.241. The molecule has 56 valence electrons. The van der Waals surface area contributed by atoms with Crippen LogP contribution in [0, 0.1) is 0 Å². The SMILES string of the molecule is O=S(=O)(O)CCCOO. The molecule has 0 unspecified atom stereocenters. The average molecular weight is 156 g/mol. The summed E-state index contributed by atoms with van der Waals surface area (Å²) in [6.07, 6.45) is 0.0926. The highest BCUT2D eigenvalue weighted by molar-refractivity contribution is 7.85. The van der Waals surface area contributed by atoms with Crippen molar-refractivity contribution < 1.29 is 23.1 Å². The molecule has 0 aromatic heterocycles. The molecule has 5 nitrogen and oxygen atoms in total. The van der Waals surface area contributed by atoms with Crippen molar-refractivity contribution >= 4 is 10.1 Å². The molecule has 0 spiro atoms. The first kappa shape index (κ1) is 8.83. The Hall–Kier alpha value is -0.170. The molecule has 0 bridgehead atoms. The maximum Gasteiger partial charge on any atom is 0.264 e. The summed E-state index contributed by atoms with van der Waals surface area (Å²) >= 11 is 0. The van der Waals surface area contributed by atoms with Gasteiger partial charge in [0.25, 0.3) is 10.1 Å². The van der Waals surface area contributed by atoms with Gasteiger partial charge < -0.3 is 0 Å². The molecular formula is C3H8O5S. The Balaban J connectivity index is 3.30. The predicted octanol–water partition coefficient (Wildman–Crippen LogP) is -0.246. The lowest BCUT2D eigenvalue weighted by Gasteiger charge is -1.92. The van der Waals surface area contributed by atoms with Crippen LogP contribution in [0.4, 0.5) is 0 Å². The molecule has 0 aromatic rings. The fourth-order valence-electron chi connectivity index (χ4n) is 0.306. The van der Waals surface area contributed by atoms with Gasteiger partial charge in [-0.15, -0.1) is 0 Å². The second kappa shape index (κ2) is 3.78. The molecule has 0 aliphatic carbocycles. The fraction of sp³-hybridized carbons (Fsp3) is 1.00. The molecule has 0 aliphatic heterocycles. The molecule has 0 rings (SSSR count). The summed E-state index contributed by atoms with van der Waals surface area (Å²) in [6.45, 7) is -0.0835. The van der Waals surface area contributed by atoms with Crippen LogP contribution in [-0.2, 0) is 15.0 Å². The van der Waals surface area contributed by atoms with Crippen LogP contribution in [-0.4, -0.2) is 30.6 Å². The molecule has 0 saturated heterocycles. The summed E-state index contributed by atoms with van der Waals surface area (Å²) in [5.74, 6) is -0.381. The predicted molar refractivity (Wildman–Crippen MR) is 29.6 cm³/mol. The molecule has 6 heteroatoms. The average Bonchev–Trinajstić information content (AvgIpc) is 1.63. The summed E-state index contributed by atoms with van der Waals surface area (Å²) < 4.78 is 27.9. The van der Waals surface area contributed by atoms with Gasteiger partial charge in [-0.25, -0.2) is 4.89 Å². The Labute approximate surface area is 52.9 Å². The van der Waals surface area contributed by atoms with Gasteiger partial charge in [-0.05, 0) is 6.42 Å². The third-order valence-electron chi connectivity index (χ3n) is 0.638. The minimum Gasteiger partial charge on any atom is -0.286 e. The standard InChI is InChI=1S/C3H8O5S/c4-8-2-1-3-9(5,6)7/h4H,1-3H2,(H,5,6,7). The normalized spacial score (nSPS) is 11.8. The Morgan fingerprint density at radius 1 is 1.44 bits per heavy atom. The molecule has 0 aromatic carbocycles. The Bertz CT molecular complexity index is 148. The first-order valence-corrected chi connectivity index (χ1v) is 3.88. The largest absolute Gasteiger partial charge is 0.286 e. The Morgan fingerprint density at radius 3 is 2.33 bits per heavy atom. The molecule has 9 heavy (non-hydrogen) atoms. The number of hydrogen-bond acceptors (Lipinski definition) is 4. The Kier molecular flexibility index (Phi) is 3.71. The molecule has 0 fully saturated rings. The van der Waals surface area contributed by atoms with E-state index in [1.165, 1.54) is 0 Å². The third-order valence-corrected chi connectivity index (χ3v) is 1.44. The zero-order valence-corrected chi connectivity index (χ0v) is 5.47. The van der Waals surface area contributed by atoms with Crippen molar-refractivity contribution in [2.24, 2.45) is 0 Å². The van der Waals surface area contributed by atoms with Crippen molar-refractivity contribution in [3.8, 4) is 0 Å². The number of rotatable bonds is 4. The number of hydrogen-bond donors (Lipinski definition) is 2. The van der Waals surface area contributed by atoms with Crippen molar-refractivity contribution in [2.75, 3.05) is 12.4 Å². The van der Waals surface area contributed by atoms with E-state index in [4.69, 9.17) is 9.81 Å². The molecule has 0 heterocycles. The van der Waals surface area contributed by atoms with Crippen molar-refractivity contribution in [2.45, 2.75) is 6.42 Å². The van der Waals surface area contributed by atoms with Gasteiger partial charge in [-0.1, -0.05) is 0 Å². The van der Waals surface area contributed by atoms with Gasteiger partial charge in [-0.3, -0.25) is 9.81 Å². The van der Waals surface area contributed by atoms with Gasteiger partial charge in [0.1, 0.15) is 0 Å². The highest BCUT2D eigenvalue weighted by Crippen LogP contribution is 1.87. The van der Waals surface area contributed by atoms with E-state index >= 15 is 0 Å². The lowest BCUT2D eigenvalue weighted by atomic mass is 10.5. The summed E-state index contributed by atoms with van der Waals surface area (Å²) in [7, 11) is -3.89. The van der Waals surface area contributed by atoms with E-state index in [0.29, 0.717) is 0 Å². The van der Waals surface area contributed by atoms with Crippen LogP contribution in [0.25, 0.3) is 0 Å². The van der Waals surface area contributed by atoms with Gasteiger partial charge in [0, 0.05) is 0 Å². The first-order chi connectivity index (χ1) is 4.06. The maximum atomic E-state index is 9.92. The van der Waals surface area contributed by atoms with Crippen LogP contribution >= 0.6 is 0 Å². The van der Waals surface area contributed by atoms with Crippen molar-refractivity contribution in [3.63, 3.8) is 0 Å². The summed E-state index contributed by atoms with van der Waals surface area (Å²) in [4.78, 5) is 3.56. The molecule has 0 aliphatic rings. The van der Waals surface area contributed by atoms with Crippen LogP contribution in [0.2, 0.25) is 0 Å². The van der Waals surface area contributed by atoms with E-state index in [9.17, 15) is 8.42 Å². The van der Waals surface area contributed by atoms with Gasteiger partial charge >= 0.3 is 0 Å². The highest BCUT2D eigenvalue weighted by atomic mass is 32.2. The smallest absolute Gasteiger partial charge is 0.264 e. The van der Waals surface area contributed by atoms with Gasteiger partial charge in [0.2, 0.25) is 0 Å².